The van der Waals surface area contributed by atoms with Crippen LogP contribution in [0.25, 0.3) is 76.9 Å². The summed E-state index contributed by atoms with van der Waals surface area (Å²) in [6.07, 6.45) is 0. The van der Waals surface area contributed by atoms with Crippen LogP contribution in [0.5, 0.6) is 0 Å². The number of benzene rings is 11. The van der Waals surface area contributed by atoms with Gasteiger partial charge in [-0.2, -0.15) is 0 Å². The molecule has 304 valence electrons. The highest BCUT2D eigenvalue weighted by Gasteiger charge is 2.47. The number of hydrogen-bond donors (Lipinski definition) is 0. The Labute approximate surface area is 377 Å². The molecule has 0 N–H and O–H groups in total. The molecule has 13 rings (SSSR count). The van der Waals surface area contributed by atoms with Crippen molar-refractivity contribution < 1.29 is 4.42 Å². The molecule has 0 fully saturated rings. The summed E-state index contributed by atoms with van der Waals surface area (Å²) in [5.74, 6) is 0. The van der Waals surface area contributed by atoms with Crippen molar-refractivity contribution in [1.82, 2.24) is 0 Å². The second-order valence-electron chi connectivity index (χ2n) is 17.1. The fourth-order valence-corrected chi connectivity index (χ4v) is 11.0. The zero-order chi connectivity index (χ0) is 42.9. The topological polar surface area (TPSA) is 16.4 Å². The highest BCUT2D eigenvalue weighted by atomic mass is 16.3. The first-order chi connectivity index (χ1) is 32.3. The van der Waals surface area contributed by atoms with Gasteiger partial charge >= 0.3 is 0 Å². The molecule has 0 bridgehead atoms. The minimum atomic E-state index is -0.561. The van der Waals surface area contributed by atoms with Gasteiger partial charge < -0.3 is 9.32 Å². The molecule has 0 radical (unpaired) electrons. The Morgan fingerprint density at radius 1 is 0.323 bits per heavy atom. The molecule has 0 aliphatic heterocycles. The molecular weight excluding hydrogens is 787 g/mol. The molecule has 0 atom stereocenters. The summed E-state index contributed by atoms with van der Waals surface area (Å²) in [5, 5.41) is 7.14. The van der Waals surface area contributed by atoms with Gasteiger partial charge in [0.2, 0.25) is 0 Å². The first-order valence-corrected chi connectivity index (χ1v) is 22.4. The molecule has 12 aromatic rings. The Morgan fingerprint density at radius 2 is 0.938 bits per heavy atom. The number of hydrogen-bond acceptors (Lipinski definition) is 2. The number of fused-ring (bicyclic) bond motifs is 9. The van der Waals surface area contributed by atoms with E-state index in [-0.39, 0.29) is 0 Å². The van der Waals surface area contributed by atoms with Crippen molar-refractivity contribution in [2.24, 2.45) is 0 Å². The molecule has 0 unspecified atom stereocenters. The summed E-state index contributed by atoms with van der Waals surface area (Å²) in [4.78, 5) is 2.53. The molecule has 2 heteroatoms. The summed E-state index contributed by atoms with van der Waals surface area (Å²) >= 11 is 0. The van der Waals surface area contributed by atoms with Crippen molar-refractivity contribution in [3.05, 3.63) is 271 Å². The highest BCUT2D eigenvalue weighted by Crippen LogP contribution is 2.60. The molecule has 1 aromatic heterocycles. The lowest BCUT2D eigenvalue weighted by atomic mass is 9.68. The summed E-state index contributed by atoms with van der Waals surface area (Å²) in [7, 11) is 0. The first-order valence-electron chi connectivity index (χ1n) is 22.4. The van der Waals surface area contributed by atoms with Gasteiger partial charge in [-0.25, -0.2) is 0 Å². The Bertz CT molecular complexity index is 3730. The molecule has 1 aliphatic carbocycles. The van der Waals surface area contributed by atoms with Crippen LogP contribution < -0.4 is 4.90 Å². The van der Waals surface area contributed by atoms with Crippen LogP contribution in [0.1, 0.15) is 22.3 Å². The number of para-hydroxylation sites is 1. The van der Waals surface area contributed by atoms with Crippen molar-refractivity contribution in [3.8, 4) is 33.4 Å². The van der Waals surface area contributed by atoms with Crippen LogP contribution in [-0.2, 0) is 5.41 Å². The molecule has 0 spiro atoms. The van der Waals surface area contributed by atoms with E-state index in [1.807, 2.05) is 6.07 Å². The van der Waals surface area contributed by atoms with Gasteiger partial charge in [0.15, 0.2) is 0 Å². The largest absolute Gasteiger partial charge is 0.456 e. The van der Waals surface area contributed by atoms with Crippen LogP contribution in [0.4, 0.5) is 17.1 Å². The normalized spacial score (nSPS) is 12.7. The molecule has 2 nitrogen and oxygen atoms in total. The van der Waals surface area contributed by atoms with E-state index in [2.05, 4.69) is 248 Å². The maximum Gasteiger partial charge on any atom is 0.135 e. The number of nitrogens with zero attached hydrogens (tertiary/aromatic N) is 1. The van der Waals surface area contributed by atoms with Gasteiger partial charge in [0.25, 0.3) is 0 Å². The summed E-state index contributed by atoms with van der Waals surface area (Å²) in [6.45, 7) is 0. The van der Waals surface area contributed by atoms with E-state index in [1.165, 1.54) is 60.5 Å². The Morgan fingerprint density at radius 3 is 1.72 bits per heavy atom. The summed E-state index contributed by atoms with van der Waals surface area (Å²) < 4.78 is 6.47. The van der Waals surface area contributed by atoms with Gasteiger partial charge in [0, 0.05) is 27.6 Å². The molecule has 65 heavy (non-hydrogen) atoms. The Kier molecular flexibility index (Phi) is 8.47. The van der Waals surface area contributed by atoms with Crippen molar-refractivity contribution in [2.75, 3.05) is 4.90 Å². The maximum atomic E-state index is 6.47. The van der Waals surface area contributed by atoms with Gasteiger partial charge in [0.1, 0.15) is 11.2 Å². The Balaban J connectivity index is 1.16. The lowest BCUT2D eigenvalue weighted by Gasteiger charge is -2.34. The molecule has 1 aliphatic rings. The third kappa shape index (κ3) is 5.67. The standard InChI is InChI=1S/C63H41NO/c1-4-19-42(20-5-1)49-37-35-44(54-39-43-21-10-11-26-48(43)50-27-12-13-28-51(50)54)40-59(49)64(47-36-38-61-55(41-47)52-29-15-17-34-60(52)65-61)58-33-18-32-57-62(58)53-30-14-16-31-56(53)63(57,45-22-6-2-7-23-45)46-24-8-3-9-25-46/h1-41H. The van der Waals surface area contributed by atoms with Crippen LogP contribution in [0.3, 0.4) is 0 Å². The smallest absolute Gasteiger partial charge is 0.135 e. The highest BCUT2D eigenvalue weighted by molar-refractivity contribution is 6.14. The summed E-state index contributed by atoms with van der Waals surface area (Å²) in [5.41, 5.74) is 16.5. The van der Waals surface area contributed by atoms with E-state index in [0.29, 0.717) is 0 Å². The van der Waals surface area contributed by atoms with Crippen LogP contribution in [0, 0.1) is 0 Å². The Hall–Kier alpha value is -8.46. The molecule has 0 saturated carbocycles. The third-order valence-electron chi connectivity index (χ3n) is 13.7. The third-order valence-corrected chi connectivity index (χ3v) is 13.7. The van der Waals surface area contributed by atoms with E-state index in [0.717, 1.165) is 55.7 Å². The van der Waals surface area contributed by atoms with E-state index in [1.54, 1.807) is 0 Å². The number of anilines is 3. The molecular formula is C63H41NO. The average molecular weight is 828 g/mol. The zero-order valence-corrected chi connectivity index (χ0v) is 35.5. The van der Waals surface area contributed by atoms with E-state index >= 15 is 0 Å². The maximum absolute atomic E-state index is 6.47. The van der Waals surface area contributed by atoms with Crippen molar-refractivity contribution in [2.45, 2.75) is 5.41 Å². The SMILES string of the molecule is c1ccc(-c2ccc(-c3cc4ccccc4c4ccccc34)cc2N(c2ccc3oc4ccccc4c3c2)c2cccc3c2-c2ccccc2C3(c2ccccc2)c2ccccc2)cc1. The van der Waals surface area contributed by atoms with Gasteiger partial charge in [-0.15, -0.1) is 0 Å². The predicted molar refractivity (Wildman–Crippen MR) is 272 cm³/mol. The minimum absolute atomic E-state index is 0.561. The van der Waals surface area contributed by atoms with Gasteiger partial charge in [-0.05, 0) is 109 Å². The van der Waals surface area contributed by atoms with Crippen LogP contribution in [-0.4, -0.2) is 0 Å². The monoisotopic (exact) mass is 827 g/mol. The van der Waals surface area contributed by atoms with Gasteiger partial charge in [0.05, 0.1) is 16.8 Å². The van der Waals surface area contributed by atoms with E-state index < -0.39 is 5.41 Å². The van der Waals surface area contributed by atoms with Crippen molar-refractivity contribution >= 4 is 60.5 Å². The van der Waals surface area contributed by atoms with E-state index in [9.17, 15) is 0 Å². The summed E-state index contributed by atoms with van der Waals surface area (Å²) in [6, 6.07) is 91.1. The van der Waals surface area contributed by atoms with Gasteiger partial charge in [-0.3, -0.25) is 0 Å². The van der Waals surface area contributed by atoms with Gasteiger partial charge in [-0.1, -0.05) is 206 Å². The second kappa shape index (κ2) is 14.8. The fraction of sp³-hybridized carbons (Fsp3) is 0.0159. The first kappa shape index (κ1) is 37.1. The van der Waals surface area contributed by atoms with Crippen LogP contribution >= 0.6 is 0 Å². The number of rotatable bonds is 7. The minimum Gasteiger partial charge on any atom is -0.456 e. The molecule has 0 saturated heterocycles. The second-order valence-corrected chi connectivity index (χ2v) is 17.1. The lowest BCUT2D eigenvalue weighted by molar-refractivity contribution is 0.669. The van der Waals surface area contributed by atoms with Crippen LogP contribution in [0.15, 0.2) is 253 Å². The number of furan rings is 1. The van der Waals surface area contributed by atoms with Crippen LogP contribution in [0.2, 0.25) is 0 Å². The van der Waals surface area contributed by atoms with Crippen molar-refractivity contribution in [1.29, 1.82) is 0 Å². The quantitative estimate of drug-likeness (QED) is 0.149. The average Bonchev–Trinajstić information content (AvgIpc) is 3.91. The molecule has 1 heterocycles. The molecule has 0 amide bonds. The zero-order valence-electron chi connectivity index (χ0n) is 35.5. The predicted octanol–water partition coefficient (Wildman–Crippen LogP) is 17.1. The molecule has 11 aromatic carbocycles. The lowest BCUT2D eigenvalue weighted by Crippen LogP contribution is -2.28. The van der Waals surface area contributed by atoms with E-state index in [4.69, 9.17) is 4.42 Å². The van der Waals surface area contributed by atoms with Crippen molar-refractivity contribution in [3.63, 3.8) is 0 Å². The fourth-order valence-electron chi connectivity index (χ4n) is 11.0.